The molecule has 0 radical (unpaired) electrons. The molecule has 1 saturated heterocycles. The molecule has 4 rings (SSSR count). The van der Waals surface area contributed by atoms with E-state index in [-0.39, 0.29) is 47.7 Å². The van der Waals surface area contributed by atoms with E-state index < -0.39 is 48.5 Å². The van der Waals surface area contributed by atoms with Gasteiger partial charge in [-0.3, -0.25) is 0 Å². The minimum absolute atomic E-state index is 0.0381. The lowest BCUT2D eigenvalue weighted by Gasteiger charge is -2.43. The van der Waals surface area contributed by atoms with Crippen molar-refractivity contribution in [1.29, 1.82) is 0 Å². The van der Waals surface area contributed by atoms with E-state index >= 15 is 0 Å². The van der Waals surface area contributed by atoms with E-state index in [0.29, 0.717) is 23.1 Å². The molecule has 0 amide bonds. The molecule has 1 aliphatic carbocycles. The Kier molecular flexibility index (Phi) is 9.18. The predicted octanol–water partition coefficient (Wildman–Crippen LogP) is 0.889. The van der Waals surface area contributed by atoms with E-state index in [1.165, 1.54) is 28.4 Å². The average Bonchev–Trinajstić information content (AvgIpc) is 2.96. The van der Waals surface area contributed by atoms with Crippen LogP contribution in [0.15, 0.2) is 18.2 Å². The fraction of sp³-hybridized carbons (Fsp3) is 0.571. The lowest BCUT2D eigenvalue weighted by atomic mass is 9.66. The molecular weight excluding hydrogens is 528 g/mol. The second-order valence-corrected chi connectivity index (χ2v) is 10.1. The van der Waals surface area contributed by atoms with Gasteiger partial charge in [0.2, 0.25) is 11.5 Å². The summed E-state index contributed by atoms with van der Waals surface area (Å²) in [6.45, 7) is 1.27. The molecule has 2 aromatic rings. The first-order valence-electron chi connectivity index (χ1n) is 12.9. The van der Waals surface area contributed by atoms with Gasteiger partial charge in [0.05, 0.1) is 41.2 Å². The maximum Gasteiger partial charge on any atom is 0.201 e. The molecule has 0 saturated carbocycles. The summed E-state index contributed by atoms with van der Waals surface area (Å²) >= 11 is 0. The Morgan fingerprint density at radius 3 is 1.98 bits per heavy atom. The van der Waals surface area contributed by atoms with Gasteiger partial charge in [0.15, 0.2) is 29.3 Å². The van der Waals surface area contributed by atoms with E-state index in [1.54, 1.807) is 25.1 Å². The Balaban J connectivity index is 1.85. The Bertz CT molecular complexity index is 1160. The second-order valence-electron chi connectivity index (χ2n) is 10.1. The van der Waals surface area contributed by atoms with E-state index in [2.05, 4.69) is 0 Å². The molecule has 0 aromatic heterocycles. The molecule has 222 valence electrons. The third kappa shape index (κ3) is 5.22. The van der Waals surface area contributed by atoms with Gasteiger partial charge < -0.3 is 59.1 Å². The Morgan fingerprint density at radius 2 is 1.43 bits per heavy atom. The zero-order valence-electron chi connectivity index (χ0n) is 23.1. The quantitative estimate of drug-likeness (QED) is 0.253. The molecule has 1 heterocycles. The summed E-state index contributed by atoms with van der Waals surface area (Å²) in [6.07, 6.45) is -5.95. The SMILES string of the molecule is COc1cc([C@H]2c3cc(OC)c(O)c(OC)c3C[C@@H](CO)[C@@H]2CO[C@@H]2O[C@H](C)[C@@H](O)[C@H](O)[C@@H]2O)cc(OC)c1O. The highest BCUT2D eigenvalue weighted by molar-refractivity contribution is 5.63. The highest BCUT2D eigenvalue weighted by Gasteiger charge is 2.45. The number of phenols is 2. The van der Waals surface area contributed by atoms with Crippen molar-refractivity contribution in [2.24, 2.45) is 11.8 Å². The van der Waals surface area contributed by atoms with Crippen molar-refractivity contribution in [1.82, 2.24) is 0 Å². The monoisotopic (exact) mass is 566 g/mol. The van der Waals surface area contributed by atoms with Crippen molar-refractivity contribution in [3.05, 3.63) is 34.9 Å². The standard InChI is InChI=1S/C28H38O12/c1-12-22(30)25(33)26(34)28(40-12)39-11-17-14(10-29)6-16-15(9-20(37-4)24(32)27(16)38-5)21(17)13-7-18(35-2)23(31)19(8-13)36-3/h7-9,12,14,17,21-22,25-26,28-34H,6,10-11H2,1-5H3/t12-,14+,17+,21+,22-,25+,26+,28-/m1/s1. The summed E-state index contributed by atoms with van der Waals surface area (Å²) in [7, 11) is 5.68. The van der Waals surface area contributed by atoms with Crippen molar-refractivity contribution in [3.63, 3.8) is 0 Å². The van der Waals surface area contributed by atoms with Gasteiger partial charge in [0.25, 0.3) is 0 Å². The number of aliphatic hydroxyl groups excluding tert-OH is 4. The van der Waals surface area contributed by atoms with Crippen LogP contribution >= 0.6 is 0 Å². The van der Waals surface area contributed by atoms with Gasteiger partial charge in [-0.1, -0.05) is 0 Å². The van der Waals surface area contributed by atoms with E-state index in [0.717, 1.165) is 0 Å². The number of aliphatic hydroxyl groups is 4. The molecule has 12 heteroatoms. The molecule has 0 spiro atoms. The predicted molar refractivity (Wildman–Crippen MR) is 140 cm³/mol. The van der Waals surface area contributed by atoms with Crippen molar-refractivity contribution in [2.45, 2.75) is 50.0 Å². The molecule has 1 fully saturated rings. The number of hydrogen-bond donors (Lipinski definition) is 6. The van der Waals surface area contributed by atoms with Crippen LogP contribution in [0.5, 0.6) is 34.5 Å². The summed E-state index contributed by atoms with van der Waals surface area (Å²) in [6, 6.07) is 5.00. The molecule has 2 aliphatic rings. The van der Waals surface area contributed by atoms with Crippen LogP contribution in [0.3, 0.4) is 0 Å². The number of ether oxygens (including phenoxy) is 6. The number of hydrogen-bond acceptors (Lipinski definition) is 12. The molecule has 12 nitrogen and oxygen atoms in total. The van der Waals surface area contributed by atoms with Crippen molar-refractivity contribution in [2.75, 3.05) is 41.7 Å². The number of aromatic hydroxyl groups is 2. The topological polar surface area (TPSA) is 177 Å². The number of benzene rings is 2. The minimum atomic E-state index is -1.50. The number of methoxy groups -OCH3 is 4. The highest BCUT2D eigenvalue weighted by Crippen LogP contribution is 2.53. The molecule has 40 heavy (non-hydrogen) atoms. The summed E-state index contributed by atoms with van der Waals surface area (Å²) < 4.78 is 33.5. The van der Waals surface area contributed by atoms with Gasteiger partial charge in [-0.2, -0.15) is 0 Å². The molecule has 0 bridgehead atoms. The summed E-state index contributed by atoms with van der Waals surface area (Å²) in [5.41, 5.74) is 2.02. The van der Waals surface area contributed by atoms with Crippen LogP contribution in [0.2, 0.25) is 0 Å². The molecule has 8 atom stereocenters. The fourth-order valence-corrected chi connectivity index (χ4v) is 5.77. The van der Waals surface area contributed by atoms with Crippen LogP contribution in [0.1, 0.15) is 29.5 Å². The van der Waals surface area contributed by atoms with Gasteiger partial charge in [-0.25, -0.2) is 0 Å². The Labute approximate surface area is 232 Å². The number of rotatable bonds is 9. The lowest BCUT2D eigenvalue weighted by Crippen LogP contribution is -2.57. The zero-order chi connectivity index (χ0) is 29.3. The molecule has 2 aromatic carbocycles. The first kappa shape index (κ1) is 30.0. The van der Waals surface area contributed by atoms with Gasteiger partial charge >= 0.3 is 0 Å². The summed E-state index contributed by atoms with van der Waals surface area (Å²) in [5, 5.41) is 62.7. The third-order valence-corrected chi connectivity index (χ3v) is 7.97. The third-order valence-electron chi connectivity index (χ3n) is 7.97. The Morgan fingerprint density at radius 1 is 0.825 bits per heavy atom. The van der Waals surface area contributed by atoms with Crippen LogP contribution in [-0.2, 0) is 15.9 Å². The highest BCUT2D eigenvalue weighted by atomic mass is 16.7. The van der Waals surface area contributed by atoms with Crippen molar-refractivity contribution < 1.29 is 59.1 Å². The minimum Gasteiger partial charge on any atom is -0.502 e. The van der Waals surface area contributed by atoms with Gasteiger partial charge in [-0.05, 0) is 54.5 Å². The van der Waals surface area contributed by atoms with Crippen LogP contribution in [0.25, 0.3) is 0 Å². The fourth-order valence-electron chi connectivity index (χ4n) is 5.77. The largest absolute Gasteiger partial charge is 0.502 e. The zero-order valence-corrected chi connectivity index (χ0v) is 23.1. The normalized spacial score (nSPS) is 29.9. The first-order chi connectivity index (χ1) is 19.1. The second kappa shape index (κ2) is 12.2. The van der Waals surface area contributed by atoms with Crippen molar-refractivity contribution in [3.8, 4) is 34.5 Å². The van der Waals surface area contributed by atoms with Crippen LogP contribution in [0, 0.1) is 11.8 Å². The maximum atomic E-state index is 10.8. The van der Waals surface area contributed by atoms with Gasteiger partial charge in [0, 0.05) is 18.1 Å². The summed E-state index contributed by atoms with van der Waals surface area (Å²) in [5.74, 6) is -1.05. The van der Waals surface area contributed by atoms with Crippen LogP contribution < -0.4 is 18.9 Å². The van der Waals surface area contributed by atoms with E-state index in [4.69, 9.17) is 28.4 Å². The molecule has 1 aliphatic heterocycles. The Hall–Kier alpha value is -3.00. The summed E-state index contributed by atoms with van der Waals surface area (Å²) in [4.78, 5) is 0. The maximum absolute atomic E-state index is 10.8. The smallest absolute Gasteiger partial charge is 0.201 e. The lowest BCUT2D eigenvalue weighted by molar-refractivity contribution is -0.296. The first-order valence-corrected chi connectivity index (χ1v) is 12.9. The molecule has 6 N–H and O–H groups in total. The van der Waals surface area contributed by atoms with Crippen molar-refractivity contribution >= 4 is 0 Å². The molecular formula is C28H38O12. The average molecular weight is 567 g/mol. The van der Waals surface area contributed by atoms with E-state index in [1.807, 2.05) is 0 Å². The van der Waals surface area contributed by atoms with Gasteiger partial charge in [0.1, 0.15) is 18.3 Å². The molecule has 0 unspecified atom stereocenters. The van der Waals surface area contributed by atoms with E-state index in [9.17, 15) is 30.6 Å². The number of phenolic OH excluding ortho intramolecular Hbond substituents is 2. The van der Waals surface area contributed by atoms with Crippen LogP contribution in [0.4, 0.5) is 0 Å². The van der Waals surface area contributed by atoms with Crippen LogP contribution in [-0.4, -0.2) is 103 Å². The van der Waals surface area contributed by atoms with Gasteiger partial charge in [-0.15, -0.1) is 0 Å². The number of fused-ring (bicyclic) bond motifs is 1.